The van der Waals surface area contributed by atoms with Crippen LogP contribution in [0, 0.1) is 24.7 Å². The lowest BCUT2D eigenvalue weighted by molar-refractivity contribution is -0.142. The average molecular weight is 305 g/mol. The summed E-state index contributed by atoms with van der Waals surface area (Å²) in [7, 11) is 0. The Kier molecular flexibility index (Phi) is 7.09. The standard InChI is InChI=1S/C18H27NO3/c1-12(2)9-16(18(21)22)11-19-17(20)14(4)10-15-7-5-13(3)6-8-15/h5-8,12,14,16H,9-11H2,1-4H3,(H,19,20)(H,21,22). The van der Waals surface area contributed by atoms with Crippen molar-refractivity contribution in [2.75, 3.05) is 6.54 Å². The molecule has 0 aliphatic heterocycles. The fourth-order valence-corrected chi connectivity index (χ4v) is 2.41. The van der Waals surface area contributed by atoms with Crippen molar-refractivity contribution in [3.8, 4) is 0 Å². The van der Waals surface area contributed by atoms with Crippen molar-refractivity contribution in [2.45, 2.75) is 40.5 Å². The van der Waals surface area contributed by atoms with Gasteiger partial charge in [0.15, 0.2) is 0 Å². The Hall–Kier alpha value is -1.84. The van der Waals surface area contributed by atoms with E-state index in [9.17, 15) is 14.7 Å². The van der Waals surface area contributed by atoms with E-state index in [2.05, 4.69) is 5.32 Å². The van der Waals surface area contributed by atoms with Gasteiger partial charge in [-0.3, -0.25) is 9.59 Å². The van der Waals surface area contributed by atoms with E-state index < -0.39 is 11.9 Å². The number of aryl methyl sites for hydroxylation is 1. The van der Waals surface area contributed by atoms with Crippen LogP contribution in [0.5, 0.6) is 0 Å². The lowest BCUT2D eigenvalue weighted by Gasteiger charge is -2.17. The molecule has 0 fully saturated rings. The molecule has 0 aromatic heterocycles. The molecule has 0 spiro atoms. The van der Waals surface area contributed by atoms with Crippen LogP contribution < -0.4 is 5.32 Å². The molecule has 0 bridgehead atoms. The summed E-state index contributed by atoms with van der Waals surface area (Å²) >= 11 is 0. The summed E-state index contributed by atoms with van der Waals surface area (Å²) in [4.78, 5) is 23.3. The maximum Gasteiger partial charge on any atom is 0.308 e. The summed E-state index contributed by atoms with van der Waals surface area (Å²) in [6.07, 6.45) is 1.23. The predicted octanol–water partition coefficient (Wildman–Crippen LogP) is 3.04. The van der Waals surface area contributed by atoms with Crippen molar-refractivity contribution in [1.29, 1.82) is 0 Å². The van der Waals surface area contributed by atoms with Crippen LogP contribution in [0.4, 0.5) is 0 Å². The number of hydrogen-bond acceptors (Lipinski definition) is 2. The SMILES string of the molecule is Cc1ccc(CC(C)C(=O)NCC(CC(C)C)C(=O)O)cc1. The highest BCUT2D eigenvalue weighted by atomic mass is 16.4. The topological polar surface area (TPSA) is 66.4 Å². The van der Waals surface area contributed by atoms with Crippen LogP contribution in [-0.2, 0) is 16.0 Å². The lowest BCUT2D eigenvalue weighted by Crippen LogP contribution is -2.37. The van der Waals surface area contributed by atoms with Crippen molar-refractivity contribution in [1.82, 2.24) is 5.32 Å². The molecule has 2 unspecified atom stereocenters. The van der Waals surface area contributed by atoms with Crippen LogP contribution in [0.15, 0.2) is 24.3 Å². The fraction of sp³-hybridized carbons (Fsp3) is 0.556. The highest BCUT2D eigenvalue weighted by Crippen LogP contribution is 2.13. The van der Waals surface area contributed by atoms with E-state index >= 15 is 0 Å². The number of carbonyl (C=O) groups is 2. The van der Waals surface area contributed by atoms with Gasteiger partial charge in [-0.15, -0.1) is 0 Å². The maximum absolute atomic E-state index is 12.1. The number of rotatable bonds is 8. The van der Waals surface area contributed by atoms with E-state index in [1.807, 2.05) is 52.0 Å². The van der Waals surface area contributed by atoms with Gasteiger partial charge in [0.05, 0.1) is 5.92 Å². The van der Waals surface area contributed by atoms with Crippen LogP contribution in [-0.4, -0.2) is 23.5 Å². The molecular weight excluding hydrogens is 278 g/mol. The van der Waals surface area contributed by atoms with Gasteiger partial charge >= 0.3 is 5.97 Å². The molecule has 4 heteroatoms. The second-order valence-corrected chi connectivity index (χ2v) is 6.50. The molecule has 1 aromatic carbocycles. The summed E-state index contributed by atoms with van der Waals surface area (Å²) in [5.74, 6) is -1.33. The number of nitrogens with one attached hydrogen (secondary N) is 1. The molecule has 122 valence electrons. The Morgan fingerprint density at radius 3 is 2.23 bits per heavy atom. The van der Waals surface area contributed by atoms with Crippen molar-refractivity contribution < 1.29 is 14.7 Å². The van der Waals surface area contributed by atoms with Gasteiger partial charge in [-0.05, 0) is 31.2 Å². The zero-order chi connectivity index (χ0) is 16.7. The van der Waals surface area contributed by atoms with Crippen LogP contribution in [0.2, 0.25) is 0 Å². The second kappa shape index (κ2) is 8.57. The molecule has 4 nitrogen and oxygen atoms in total. The van der Waals surface area contributed by atoms with E-state index in [-0.39, 0.29) is 18.4 Å². The van der Waals surface area contributed by atoms with Crippen molar-refractivity contribution in [3.05, 3.63) is 35.4 Å². The van der Waals surface area contributed by atoms with E-state index in [0.29, 0.717) is 18.8 Å². The maximum atomic E-state index is 12.1. The van der Waals surface area contributed by atoms with Crippen molar-refractivity contribution >= 4 is 11.9 Å². The number of hydrogen-bond donors (Lipinski definition) is 2. The average Bonchev–Trinajstić information content (AvgIpc) is 2.44. The van der Waals surface area contributed by atoms with Gasteiger partial charge in [-0.2, -0.15) is 0 Å². The molecule has 0 aliphatic rings. The van der Waals surface area contributed by atoms with Crippen LogP contribution in [0.1, 0.15) is 38.3 Å². The number of carboxylic acids is 1. The smallest absolute Gasteiger partial charge is 0.308 e. The zero-order valence-corrected chi connectivity index (χ0v) is 13.9. The number of amides is 1. The Morgan fingerprint density at radius 1 is 1.14 bits per heavy atom. The third-order valence-electron chi connectivity index (χ3n) is 3.74. The summed E-state index contributed by atoms with van der Waals surface area (Å²) < 4.78 is 0. The molecule has 22 heavy (non-hydrogen) atoms. The van der Waals surface area contributed by atoms with E-state index in [1.54, 1.807) is 0 Å². The van der Waals surface area contributed by atoms with Gasteiger partial charge in [0.1, 0.15) is 0 Å². The largest absolute Gasteiger partial charge is 0.481 e. The minimum absolute atomic E-state index is 0.0874. The highest BCUT2D eigenvalue weighted by molar-refractivity contribution is 5.79. The molecule has 1 amide bonds. The molecule has 0 aliphatic carbocycles. The molecule has 0 saturated heterocycles. The van der Waals surface area contributed by atoms with E-state index in [1.165, 1.54) is 5.56 Å². The minimum Gasteiger partial charge on any atom is -0.481 e. The summed E-state index contributed by atoms with van der Waals surface area (Å²) in [6.45, 7) is 8.06. The number of carbonyl (C=O) groups excluding carboxylic acids is 1. The first kappa shape index (κ1) is 18.2. The Balaban J connectivity index is 2.49. The molecule has 2 N–H and O–H groups in total. The van der Waals surface area contributed by atoms with Gasteiger partial charge in [0.25, 0.3) is 0 Å². The Labute approximate surface area is 132 Å². The zero-order valence-electron chi connectivity index (χ0n) is 13.9. The third kappa shape index (κ3) is 6.29. The minimum atomic E-state index is -0.847. The summed E-state index contributed by atoms with van der Waals surface area (Å²) in [6, 6.07) is 8.11. The predicted molar refractivity (Wildman–Crippen MR) is 87.6 cm³/mol. The van der Waals surface area contributed by atoms with E-state index in [4.69, 9.17) is 0 Å². The fourth-order valence-electron chi connectivity index (χ4n) is 2.41. The van der Waals surface area contributed by atoms with Crippen molar-refractivity contribution in [2.24, 2.45) is 17.8 Å². The summed E-state index contributed by atoms with van der Waals surface area (Å²) in [5.41, 5.74) is 2.31. The van der Waals surface area contributed by atoms with Crippen molar-refractivity contribution in [3.63, 3.8) is 0 Å². The highest BCUT2D eigenvalue weighted by Gasteiger charge is 2.21. The normalized spacial score (nSPS) is 13.7. The van der Waals surface area contributed by atoms with Crippen LogP contribution >= 0.6 is 0 Å². The quantitative estimate of drug-likeness (QED) is 0.776. The molecule has 0 heterocycles. The number of carboxylic acid groups (broad SMARTS) is 1. The third-order valence-corrected chi connectivity index (χ3v) is 3.74. The van der Waals surface area contributed by atoms with Gasteiger partial charge in [0, 0.05) is 12.5 Å². The number of benzene rings is 1. The molecule has 1 rings (SSSR count). The molecule has 0 saturated carbocycles. The van der Waals surface area contributed by atoms with Gasteiger partial charge < -0.3 is 10.4 Å². The monoisotopic (exact) mass is 305 g/mol. The van der Waals surface area contributed by atoms with Gasteiger partial charge in [-0.1, -0.05) is 50.6 Å². The van der Waals surface area contributed by atoms with Gasteiger partial charge in [0.2, 0.25) is 5.91 Å². The molecule has 2 atom stereocenters. The van der Waals surface area contributed by atoms with Crippen LogP contribution in [0.3, 0.4) is 0 Å². The Bertz CT molecular complexity index is 494. The molecular formula is C18H27NO3. The first-order chi connectivity index (χ1) is 10.3. The van der Waals surface area contributed by atoms with Crippen LogP contribution in [0.25, 0.3) is 0 Å². The second-order valence-electron chi connectivity index (χ2n) is 6.50. The first-order valence-corrected chi connectivity index (χ1v) is 7.85. The summed E-state index contributed by atoms with van der Waals surface area (Å²) in [5, 5.41) is 12.0. The first-order valence-electron chi connectivity index (χ1n) is 7.85. The lowest BCUT2D eigenvalue weighted by atomic mass is 9.96. The molecule has 0 radical (unpaired) electrons. The Morgan fingerprint density at radius 2 is 1.73 bits per heavy atom. The van der Waals surface area contributed by atoms with Gasteiger partial charge in [-0.25, -0.2) is 0 Å². The van der Waals surface area contributed by atoms with E-state index in [0.717, 1.165) is 5.56 Å². The number of aliphatic carboxylic acids is 1. The molecule has 1 aromatic rings.